The molecule has 2 rings (SSSR count). The van der Waals surface area contributed by atoms with Gasteiger partial charge in [-0.25, -0.2) is 4.39 Å². The van der Waals surface area contributed by atoms with Crippen LogP contribution in [0, 0.1) is 5.82 Å². The molecule has 0 radical (unpaired) electrons. The second-order valence-electron chi connectivity index (χ2n) is 5.96. The van der Waals surface area contributed by atoms with Gasteiger partial charge in [0.05, 0.1) is 5.02 Å². The van der Waals surface area contributed by atoms with E-state index in [-0.39, 0.29) is 22.4 Å². The highest BCUT2D eigenvalue weighted by atomic mass is 35.5. The second kappa shape index (κ2) is 6.42. The number of hydrogen-bond acceptors (Lipinski definition) is 2. The molecular formula is C16H24ClFN2. The topological polar surface area (TPSA) is 29.3 Å². The highest BCUT2D eigenvalue weighted by Crippen LogP contribution is 2.29. The quantitative estimate of drug-likeness (QED) is 0.900. The zero-order valence-corrected chi connectivity index (χ0v) is 13.1. The van der Waals surface area contributed by atoms with Crippen LogP contribution in [0.5, 0.6) is 0 Å². The highest BCUT2D eigenvalue weighted by molar-refractivity contribution is 6.30. The Labute approximate surface area is 126 Å². The SMILES string of the molecule is CCC(C)(C(N)Cc1ccc(Cl)c(F)c1)N1CCCC1. The molecule has 0 aromatic heterocycles. The van der Waals surface area contributed by atoms with Gasteiger partial charge in [-0.3, -0.25) is 4.90 Å². The summed E-state index contributed by atoms with van der Waals surface area (Å²) >= 11 is 5.72. The van der Waals surface area contributed by atoms with Crippen LogP contribution in [0.15, 0.2) is 18.2 Å². The van der Waals surface area contributed by atoms with Crippen LogP contribution in [0.3, 0.4) is 0 Å². The molecule has 0 amide bonds. The minimum absolute atomic E-state index is 0.00817. The van der Waals surface area contributed by atoms with E-state index in [9.17, 15) is 4.39 Å². The minimum Gasteiger partial charge on any atom is -0.326 e. The monoisotopic (exact) mass is 298 g/mol. The fraction of sp³-hybridized carbons (Fsp3) is 0.625. The predicted octanol–water partition coefficient (Wildman–Crippen LogP) is 3.61. The van der Waals surface area contributed by atoms with E-state index in [0.717, 1.165) is 25.1 Å². The third kappa shape index (κ3) is 3.16. The Morgan fingerprint density at radius 1 is 1.40 bits per heavy atom. The smallest absolute Gasteiger partial charge is 0.142 e. The van der Waals surface area contributed by atoms with Gasteiger partial charge in [-0.15, -0.1) is 0 Å². The van der Waals surface area contributed by atoms with E-state index < -0.39 is 0 Å². The summed E-state index contributed by atoms with van der Waals surface area (Å²) in [7, 11) is 0. The molecule has 1 aliphatic heterocycles. The summed E-state index contributed by atoms with van der Waals surface area (Å²) in [6.45, 7) is 6.65. The lowest BCUT2D eigenvalue weighted by atomic mass is 9.84. The Balaban J connectivity index is 2.12. The molecule has 1 fully saturated rings. The van der Waals surface area contributed by atoms with Crippen LogP contribution in [-0.4, -0.2) is 29.6 Å². The number of halogens is 2. The first-order chi connectivity index (χ1) is 9.47. The van der Waals surface area contributed by atoms with Gasteiger partial charge in [0, 0.05) is 11.6 Å². The lowest BCUT2D eigenvalue weighted by molar-refractivity contribution is 0.0998. The van der Waals surface area contributed by atoms with Crippen molar-refractivity contribution >= 4 is 11.6 Å². The van der Waals surface area contributed by atoms with Crippen LogP contribution >= 0.6 is 11.6 Å². The molecule has 0 bridgehead atoms. The Kier molecular flexibility index (Phi) is 5.05. The molecule has 2 N–H and O–H groups in total. The van der Waals surface area contributed by atoms with Crippen LogP contribution < -0.4 is 5.73 Å². The van der Waals surface area contributed by atoms with Gasteiger partial charge in [0.2, 0.25) is 0 Å². The average Bonchev–Trinajstić information content (AvgIpc) is 2.96. The van der Waals surface area contributed by atoms with Crippen molar-refractivity contribution in [2.75, 3.05) is 13.1 Å². The van der Waals surface area contributed by atoms with E-state index in [1.165, 1.54) is 18.9 Å². The number of rotatable bonds is 5. The van der Waals surface area contributed by atoms with E-state index in [2.05, 4.69) is 18.7 Å². The van der Waals surface area contributed by atoms with Crippen molar-refractivity contribution in [2.24, 2.45) is 5.73 Å². The summed E-state index contributed by atoms with van der Waals surface area (Å²) in [5.74, 6) is -0.365. The van der Waals surface area contributed by atoms with Gasteiger partial charge in [0.15, 0.2) is 0 Å². The lowest BCUT2D eigenvalue weighted by Crippen LogP contribution is -2.57. The molecule has 1 aromatic rings. The van der Waals surface area contributed by atoms with Crippen LogP contribution in [0.25, 0.3) is 0 Å². The van der Waals surface area contributed by atoms with Gasteiger partial charge in [0.25, 0.3) is 0 Å². The van der Waals surface area contributed by atoms with E-state index in [1.54, 1.807) is 6.07 Å². The van der Waals surface area contributed by atoms with Crippen LogP contribution in [0.1, 0.15) is 38.7 Å². The predicted molar refractivity (Wildman–Crippen MR) is 82.6 cm³/mol. The van der Waals surface area contributed by atoms with Crippen molar-refractivity contribution in [1.29, 1.82) is 0 Å². The molecule has 2 atom stereocenters. The minimum atomic E-state index is -0.365. The number of nitrogens with zero attached hydrogens (tertiary/aromatic N) is 1. The average molecular weight is 299 g/mol. The summed E-state index contributed by atoms with van der Waals surface area (Å²) in [6, 6.07) is 4.97. The molecular weight excluding hydrogens is 275 g/mol. The number of nitrogens with two attached hydrogens (primary N) is 1. The van der Waals surface area contributed by atoms with Gasteiger partial charge >= 0.3 is 0 Å². The van der Waals surface area contributed by atoms with Crippen molar-refractivity contribution in [1.82, 2.24) is 4.90 Å². The molecule has 2 nitrogen and oxygen atoms in total. The first kappa shape index (κ1) is 15.7. The van der Waals surface area contributed by atoms with E-state index in [4.69, 9.17) is 17.3 Å². The molecule has 112 valence electrons. The van der Waals surface area contributed by atoms with Gasteiger partial charge in [-0.1, -0.05) is 24.6 Å². The molecule has 20 heavy (non-hydrogen) atoms. The molecule has 1 aromatic carbocycles. The summed E-state index contributed by atoms with van der Waals surface area (Å²) in [6.07, 6.45) is 4.18. The second-order valence-corrected chi connectivity index (χ2v) is 6.37. The van der Waals surface area contributed by atoms with Crippen molar-refractivity contribution in [3.63, 3.8) is 0 Å². The van der Waals surface area contributed by atoms with E-state index in [1.807, 2.05) is 6.07 Å². The maximum Gasteiger partial charge on any atom is 0.142 e. The van der Waals surface area contributed by atoms with Gasteiger partial charge in [0.1, 0.15) is 5.82 Å². The maximum absolute atomic E-state index is 13.5. The van der Waals surface area contributed by atoms with Crippen LogP contribution in [0.2, 0.25) is 5.02 Å². The summed E-state index contributed by atoms with van der Waals surface area (Å²) in [5, 5.41) is 0.167. The van der Waals surface area contributed by atoms with Crippen molar-refractivity contribution < 1.29 is 4.39 Å². The fourth-order valence-electron chi connectivity index (χ4n) is 3.09. The number of likely N-dealkylation sites (tertiary alicyclic amines) is 1. The van der Waals surface area contributed by atoms with E-state index >= 15 is 0 Å². The zero-order chi connectivity index (χ0) is 14.8. The lowest BCUT2D eigenvalue weighted by Gasteiger charge is -2.43. The standard InChI is InChI=1S/C16H24ClFN2/c1-3-16(2,20-8-4-5-9-20)15(19)11-12-6-7-13(17)14(18)10-12/h6-7,10,15H,3-5,8-9,11,19H2,1-2H3. The third-order valence-electron chi connectivity index (χ3n) is 4.78. The van der Waals surface area contributed by atoms with Gasteiger partial charge in [-0.05, 0) is 63.4 Å². The molecule has 1 aliphatic rings. The Bertz CT molecular complexity index is 460. The molecule has 0 spiro atoms. The molecule has 1 saturated heterocycles. The molecule has 2 unspecified atom stereocenters. The molecule has 4 heteroatoms. The summed E-state index contributed by atoms with van der Waals surface area (Å²) in [4.78, 5) is 2.49. The summed E-state index contributed by atoms with van der Waals surface area (Å²) < 4.78 is 13.5. The Hall–Kier alpha value is -0.640. The third-order valence-corrected chi connectivity index (χ3v) is 5.09. The first-order valence-corrected chi connectivity index (χ1v) is 7.79. The first-order valence-electron chi connectivity index (χ1n) is 7.42. The highest BCUT2D eigenvalue weighted by Gasteiger charge is 2.37. The van der Waals surface area contributed by atoms with Crippen molar-refractivity contribution in [3.05, 3.63) is 34.6 Å². The molecule has 1 heterocycles. The van der Waals surface area contributed by atoms with Crippen molar-refractivity contribution in [2.45, 2.75) is 51.1 Å². The van der Waals surface area contributed by atoms with Gasteiger partial charge < -0.3 is 5.73 Å². The fourth-order valence-corrected chi connectivity index (χ4v) is 3.21. The van der Waals surface area contributed by atoms with Crippen LogP contribution in [0.4, 0.5) is 4.39 Å². The van der Waals surface area contributed by atoms with Gasteiger partial charge in [-0.2, -0.15) is 0 Å². The van der Waals surface area contributed by atoms with E-state index in [0.29, 0.717) is 6.42 Å². The Morgan fingerprint density at radius 3 is 2.60 bits per heavy atom. The normalized spacial score (nSPS) is 20.9. The largest absolute Gasteiger partial charge is 0.326 e. The zero-order valence-electron chi connectivity index (χ0n) is 12.3. The molecule has 0 aliphatic carbocycles. The van der Waals surface area contributed by atoms with Crippen LogP contribution in [-0.2, 0) is 6.42 Å². The number of hydrogen-bond donors (Lipinski definition) is 1. The van der Waals surface area contributed by atoms with Crippen molar-refractivity contribution in [3.8, 4) is 0 Å². The maximum atomic E-state index is 13.5. The molecule has 0 saturated carbocycles. The Morgan fingerprint density at radius 2 is 2.05 bits per heavy atom. The summed E-state index contributed by atoms with van der Waals surface area (Å²) in [5.41, 5.74) is 7.36. The number of benzene rings is 1.